The number of guanidine groups is 1. The minimum atomic E-state index is 0.518. The fourth-order valence-corrected chi connectivity index (χ4v) is 1.74. The van der Waals surface area contributed by atoms with E-state index in [1.165, 1.54) is 12.8 Å². The zero-order chi connectivity index (χ0) is 14.0. The van der Waals surface area contributed by atoms with Gasteiger partial charge in [-0.1, -0.05) is 5.16 Å². The molecule has 0 aliphatic heterocycles. The van der Waals surface area contributed by atoms with Crippen LogP contribution in [0, 0.1) is 5.92 Å². The zero-order valence-corrected chi connectivity index (χ0v) is 12.1. The average Bonchev–Trinajstić information content (AvgIpc) is 3.13. The van der Waals surface area contributed by atoms with E-state index in [9.17, 15) is 0 Å². The first kappa shape index (κ1) is 14.8. The average molecular weight is 280 g/mol. The molecule has 0 amide bonds. The lowest BCUT2D eigenvalue weighted by molar-refractivity contribution is 0.123. The van der Waals surface area contributed by atoms with Crippen molar-refractivity contribution in [2.45, 2.75) is 32.7 Å². The lowest BCUT2D eigenvalue weighted by Gasteiger charge is -2.11. The first-order valence-corrected chi connectivity index (χ1v) is 7.37. The maximum Gasteiger partial charge on any atom is 0.191 e. The number of hydrogen-bond acceptors (Lipinski definition) is 4. The molecule has 0 aromatic carbocycles. The first-order valence-electron chi connectivity index (χ1n) is 7.37. The maximum absolute atomic E-state index is 5.60. The molecule has 0 atom stereocenters. The molecule has 112 valence electrons. The number of aromatic nitrogens is 1. The van der Waals surface area contributed by atoms with E-state index in [2.05, 4.69) is 20.8 Å². The zero-order valence-electron chi connectivity index (χ0n) is 12.1. The largest absolute Gasteiger partial charge is 0.381 e. The summed E-state index contributed by atoms with van der Waals surface area (Å²) in [5.41, 5.74) is 0.829. The molecule has 1 saturated carbocycles. The third-order valence-electron chi connectivity index (χ3n) is 3.04. The molecule has 6 heteroatoms. The van der Waals surface area contributed by atoms with Gasteiger partial charge in [0, 0.05) is 32.4 Å². The van der Waals surface area contributed by atoms with Crippen molar-refractivity contribution < 1.29 is 9.26 Å². The van der Waals surface area contributed by atoms with Crippen molar-refractivity contribution in [3.63, 3.8) is 0 Å². The number of ether oxygens (including phenoxy) is 1. The molecule has 2 rings (SSSR count). The highest BCUT2D eigenvalue weighted by atomic mass is 16.5. The molecule has 1 aromatic rings. The predicted octanol–water partition coefficient (Wildman–Crippen LogP) is 1.55. The van der Waals surface area contributed by atoms with E-state index in [-0.39, 0.29) is 0 Å². The van der Waals surface area contributed by atoms with Gasteiger partial charge in [-0.05, 0) is 32.1 Å². The Morgan fingerprint density at radius 1 is 1.50 bits per heavy atom. The van der Waals surface area contributed by atoms with Crippen LogP contribution in [0.3, 0.4) is 0 Å². The Hall–Kier alpha value is -1.56. The van der Waals surface area contributed by atoms with E-state index in [1.54, 1.807) is 6.26 Å². The van der Waals surface area contributed by atoms with Crippen LogP contribution in [0.4, 0.5) is 0 Å². The first-order chi connectivity index (χ1) is 9.88. The Labute approximate surface area is 120 Å². The summed E-state index contributed by atoms with van der Waals surface area (Å²) >= 11 is 0. The van der Waals surface area contributed by atoms with E-state index in [1.807, 2.05) is 13.0 Å². The molecular weight excluding hydrogens is 256 g/mol. The van der Waals surface area contributed by atoms with Gasteiger partial charge in [0.25, 0.3) is 0 Å². The number of aliphatic imine (C=N–C) groups is 1. The van der Waals surface area contributed by atoms with E-state index >= 15 is 0 Å². The molecule has 0 unspecified atom stereocenters. The number of rotatable bonds is 9. The van der Waals surface area contributed by atoms with Crippen molar-refractivity contribution in [3.05, 3.63) is 18.0 Å². The smallest absolute Gasteiger partial charge is 0.191 e. The second kappa shape index (κ2) is 8.58. The molecule has 6 nitrogen and oxygen atoms in total. The van der Waals surface area contributed by atoms with Crippen molar-refractivity contribution in [2.24, 2.45) is 10.9 Å². The monoisotopic (exact) mass is 280 g/mol. The van der Waals surface area contributed by atoms with Crippen molar-refractivity contribution in [1.29, 1.82) is 0 Å². The SMILES string of the molecule is CCNC(=NCc1ccon1)NCCCOCC1CC1. The quantitative estimate of drug-likeness (QED) is 0.408. The Morgan fingerprint density at radius 3 is 3.10 bits per heavy atom. The lowest BCUT2D eigenvalue weighted by atomic mass is 10.4. The summed E-state index contributed by atoms with van der Waals surface area (Å²) in [5, 5.41) is 10.3. The second-order valence-electron chi connectivity index (χ2n) is 4.98. The van der Waals surface area contributed by atoms with Crippen LogP contribution >= 0.6 is 0 Å². The standard InChI is InChI=1S/C14H24N4O2/c1-2-15-14(17-10-13-6-9-20-18-13)16-7-3-8-19-11-12-4-5-12/h6,9,12H,2-5,7-8,10-11H2,1H3,(H2,15,16,17). The van der Waals surface area contributed by atoms with Gasteiger partial charge >= 0.3 is 0 Å². The summed E-state index contributed by atoms with van der Waals surface area (Å²) in [7, 11) is 0. The van der Waals surface area contributed by atoms with Crippen molar-refractivity contribution in [1.82, 2.24) is 15.8 Å². The highest BCUT2D eigenvalue weighted by molar-refractivity contribution is 5.79. The van der Waals surface area contributed by atoms with Gasteiger partial charge in [-0.25, -0.2) is 4.99 Å². The van der Waals surface area contributed by atoms with Gasteiger partial charge in [-0.2, -0.15) is 0 Å². The summed E-state index contributed by atoms with van der Waals surface area (Å²) in [5.74, 6) is 1.64. The summed E-state index contributed by atoms with van der Waals surface area (Å²) in [4.78, 5) is 4.44. The number of nitrogens with zero attached hydrogens (tertiary/aromatic N) is 2. The van der Waals surface area contributed by atoms with Gasteiger partial charge in [0.15, 0.2) is 5.96 Å². The Balaban J connectivity index is 1.59. The molecule has 1 aliphatic rings. The fraction of sp³-hybridized carbons (Fsp3) is 0.714. The molecule has 1 heterocycles. The van der Waals surface area contributed by atoms with E-state index in [0.29, 0.717) is 6.54 Å². The molecule has 20 heavy (non-hydrogen) atoms. The van der Waals surface area contributed by atoms with Gasteiger partial charge in [-0.15, -0.1) is 0 Å². The minimum Gasteiger partial charge on any atom is -0.381 e. The highest BCUT2D eigenvalue weighted by Crippen LogP contribution is 2.28. The van der Waals surface area contributed by atoms with Crippen LogP contribution in [0.2, 0.25) is 0 Å². The van der Waals surface area contributed by atoms with Gasteiger partial charge in [0.2, 0.25) is 0 Å². The molecule has 2 N–H and O–H groups in total. The normalized spacial score (nSPS) is 15.3. The van der Waals surface area contributed by atoms with Crippen LogP contribution in [0.5, 0.6) is 0 Å². The van der Waals surface area contributed by atoms with Crippen molar-refractivity contribution in [3.8, 4) is 0 Å². The predicted molar refractivity (Wildman–Crippen MR) is 77.5 cm³/mol. The molecule has 0 bridgehead atoms. The van der Waals surface area contributed by atoms with E-state index < -0.39 is 0 Å². The molecule has 1 aromatic heterocycles. The molecule has 1 fully saturated rings. The van der Waals surface area contributed by atoms with Crippen molar-refractivity contribution in [2.75, 3.05) is 26.3 Å². The van der Waals surface area contributed by atoms with Gasteiger partial charge in [0.1, 0.15) is 12.0 Å². The van der Waals surface area contributed by atoms with Gasteiger partial charge in [0.05, 0.1) is 6.54 Å². The van der Waals surface area contributed by atoms with Crippen LogP contribution in [-0.2, 0) is 11.3 Å². The molecule has 0 saturated heterocycles. The summed E-state index contributed by atoms with van der Waals surface area (Å²) in [6, 6.07) is 1.82. The molecular formula is C14H24N4O2. The Bertz CT molecular complexity index is 388. The molecule has 0 spiro atoms. The van der Waals surface area contributed by atoms with Crippen LogP contribution in [0.15, 0.2) is 21.8 Å². The minimum absolute atomic E-state index is 0.518. The van der Waals surface area contributed by atoms with Gasteiger partial charge in [-0.3, -0.25) is 0 Å². The van der Waals surface area contributed by atoms with E-state index in [4.69, 9.17) is 9.26 Å². The topological polar surface area (TPSA) is 71.7 Å². The second-order valence-corrected chi connectivity index (χ2v) is 4.98. The van der Waals surface area contributed by atoms with E-state index in [0.717, 1.165) is 50.3 Å². The summed E-state index contributed by atoms with van der Waals surface area (Å²) in [6.07, 6.45) is 5.23. The highest BCUT2D eigenvalue weighted by Gasteiger charge is 2.20. The number of hydrogen-bond donors (Lipinski definition) is 2. The summed E-state index contributed by atoms with van der Waals surface area (Å²) in [6.45, 7) is 6.00. The fourth-order valence-electron chi connectivity index (χ4n) is 1.74. The van der Waals surface area contributed by atoms with Crippen LogP contribution in [0.1, 0.15) is 31.9 Å². The third kappa shape index (κ3) is 6.06. The lowest BCUT2D eigenvalue weighted by Crippen LogP contribution is -2.38. The van der Waals surface area contributed by atoms with Crippen LogP contribution < -0.4 is 10.6 Å². The summed E-state index contributed by atoms with van der Waals surface area (Å²) < 4.78 is 10.4. The third-order valence-corrected chi connectivity index (χ3v) is 3.04. The molecule has 0 radical (unpaired) electrons. The number of nitrogens with one attached hydrogen (secondary N) is 2. The van der Waals surface area contributed by atoms with Gasteiger partial charge < -0.3 is 19.9 Å². The van der Waals surface area contributed by atoms with Crippen LogP contribution in [0.25, 0.3) is 0 Å². The Kier molecular flexibility index (Phi) is 6.37. The molecule has 1 aliphatic carbocycles. The maximum atomic E-state index is 5.60. The van der Waals surface area contributed by atoms with Crippen molar-refractivity contribution >= 4 is 5.96 Å². The van der Waals surface area contributed by atoms with Crippen LogP contribution in [-0.4, -0.2) is 37.4 Å². The Morgan fingerprint density at radius 2 is 2.40 bits per heavy atom.